The van der Waals surface area contributed by atoms with E-state index in [0.29, 0.717) is 23.9 Å². The van der Waals surface area contributed by atoms with Crippen molar-refractivity contribution >= 4 is 13.7 Å². The Morgan fingerprint density at radius 3 is 1.07 bits per heavy atom. The second-order valence-corrected chi connectivity index (χ2v) is 26.7. The first-order valence-corrected chi connectivity index (χ1v) is 36.8. The van der Waals surface area contributed by atoms with Crippen molar-refractivity contribution in [2.75, 3.05) is 40.9 Å². The van der Waals surface area contributed by atoms with Crippen LogP contribution in [0.1, 0.15) is 335 Å². The molecule has 0 fully saturated rings. The average Bonchev–Trinajstić information content (AvgIpc) is 3.47. The van der Waals surface area contributed by atoms with Crippen LogP contribution in [0, 0.1) is 0 Å². The molecule has 0 aliphatic carbocycles. The fourth-order valence-electron chi connectivity index (χ4n) is 10.5. The number of phosphoric ester groups is 1. The lowest BCUT2D eigenvalue weighted by Gasteiger charge is -2.26. The van der Waals surface area contributed by atoms with Crippen molar-refractivity contribution < 1.29 is 32.9 Å². The summed E-state index contributed by atoms with van der Waals surface area (Å²) in [7, 11) is 1.62. The summed E-state index contributed by atoms with van der Waals surface area (Å²) in [6.07, 6.45) is 88.6. The number of amides is 1. The van der Waals surface area contributed by atoms with Gasteiger partial charge in [0.05, 0.1) is 39.9 Å². The standard InChI is InChI=1S/C73H137N2O6P/c1-6-8-10-12-14-16-18-20-22-24-26-28-30-32-34-35-36-37-38-39-41-43-45-47-49-51-53-55-57-59-61-63-65-67-73(77)74-71(70-81-82(78,79)80-69-68-75(3,4)5)72(76)66-64-62-60-58-56-54-52-50-48-46-44-42-40-33-31-29-27-25-23-21-19-17-15-13-11-9-7-2/h8,10,14,16,20,22,26,28,32,34,36-37,71-72,76H,6-7,9,11-13,15,17-19,21,23-25,27,29-31,33,35,38-70H2,1-5H3,(H-,74,77,78,79)/p+1/b10-8-,16-14-,22-20-,28-26-,34-32-,37-36-. The van der Waals surface area contributed by atoms with Crippen LogP contribution >= 0.6 is 7.82 Å². The molecule has 0 saturated heterocycles. The Morgan fingerprint density at radius 1 is 0.427 bits per heavy atom. The zero-order valence-corrected chi connectivity index (χ0v) is 55.9. The van der Waals surface area contributed by atoms with E-state index >= 15 is 0 Å². The van der Waals surface area contributed by atoms with E-state index in [1.807, 2.05) is 21.1 Å². The third-order valence-corrected chi connectivity index (χ3v) is 17.0. The Labute approximate surface area is 510 Å². The molecule has 0 bridgehead atoms. The molecule has 1 amide bonds. The number of unbranched alkanes of at least 4 members (excludes halogenated alkanes) is 40. The van der Waals surface area contributed by atoms with Gasteiger partial charge in [-0.15, -0.1) is 0 Å². The van der Waals surface area contributed by atoms with Crippen LogP contribution < -0.4 is 5.32 Å². The lowest BCUT2D eigenvalue weighted by atomic mass is 10.0. The maximum Gasteiger partial charge on any atom is 0.472 e. The van der Waals surface area contributed by atoms with Crippen molar-refractivity contribution in [3.63, 3.8) is 0 Å². The highest BCUT2D eigenvalue weighted by molar-refractivity contribution is 7.47. The molecule has 0 aliphatic heterocycles. The molecule has 9 heteroatoms. The summed E-state index contributed by atoms with van der Waals surface area (Å²) >= 11 is 0. The number of nitrogens with zero attached hydrogens (tertiary/aromatic N) is 1. The van der Waals surface area contributed by atoms with E-state index in [0.717, 1.165) is 77.0 Å². The summed E-state index contributed by atoms with van der Waals surface area (Å²) in [5.74, 6) is -0.142. The number of hydrogen-bond donors (Lipinski definition) is 3. The molecular formula is C73H138N2O6P+. The van der Waals surface area contributed by atoms with Gasteiger partial charge in [0.15, 0.2) is 0 Å². The lowest BCUT2D eigenvalue weighted by Crippen LogP contribution is -2.46. The van der Waals surface area contributed by atoms with E-state index in [1.165, 1.54) is 231 Å². The lowest BCUT2D eigenvalue weighted by molar-refractivity contribution is -0.870. The number of carbonyl (C=O) groups excluding carboxylic acids is 1. The molecule has 0 aromatic rings. The number of nitrogens with one attached hydrogen (secondary N) is 1. The van der Waals surface area contributed by atoms with Gasteiger partial charge >= 0.3 is 7.82 Å². The summed E-state index contributed by atoms with van der Waals surface area (Å²) in [6, 6.07) is -0.766. The Morgan fingerprint density at radius 2 is 0.732 bits per heavy atom. The molecular weight excluding hydrogens is 1030 g/mol. The van der Waals surface area contributed by atoms with Gasteiger partial charge in [-0.05, 0) is 64.2 Å². The third-order valence-electron chi connectivity index (χ3n) is 16.0. The van der Waals surface area contributed by atoms with E-state index in [2.05, 4.69) is 92.1 Å². The Bertz CT molecular complexity index is 1570. The van der Waals surface area contributed by atoms with Crippen LogP contribution in [0.4, 0.5) is 0 Å². The molecule has 0 rings (SSSR count). The molecule has 3 atom stereocenters. The van der Waals surface area contributed by atoms with Crippen LogP contribution in [0.2, 0.25) is 0 Å². The summed E-state index contributed by atoms with van der Waals surface area (Å²) < 4.78 is 23.9. The highest BCUT2D eigenvalue weighted by atomic mass is 31.2. The fraction of sp³-hybridized carbons (Fsp3) is 0.822. The van der Waals surface area contributed by atoms with Crippen LogP contribution in [0.15, 0.2) is 72.9 Å². The van der Waals surface area contributed by atoms with Crippen molar-refractivity contribution in [2.24, 2.45) is 0 Å². The normalized spacial score (nSPS) is 14.1. The van der Waals surface area contributed by atoms with Crippen LogP contribution in [-0.2, 0) is 18.4 Å². The van der Waals surface area contributed by atoms with E-state index in [-0.39, 0.29) is 19.1 Å². The molecule has 480 valence electrons. The van der Waals surface area contributed by atoms with Crippen LogP contribution in [0.5, 0.6) is 0 Å². The number of likely N-dealkylation sites (N-methyl/N-ethyl adjacent to an activating group) is 1. The van der Waals surface area contributed by atoms with E-state index < -0.39 is 20.0 Å². The number of phosphoric acid groups is 1. The van der Waals surface area contributed by atoms with Gasteiger partial charge in [0.2, 0.25) is 5.91 Å². The number of rotatable bonds is 65. The SMILES string of the molecule is CC/C=C\C/C=C\C/C=C\C/C=C\C/C=C\C/C=C\CCCCCCCCCCCCCCCCC(=O)NC(COP(=O)(O)OCC[N+](C)(C)C)C(O)CCCCCCCCCCCCCCCCCCCCCCCCCCCCC. The molecule has 82 heavy (non-hydrogen) atoms. The molecule has 3 N–H and O–H groups in total. The van der Waals surface area contributed by atoms with Crippen molar-refractivity contribution in [3.05, 3.63) is 72.9 Å². The Balaban J connectivity index is 4.04. The first-order valence-electron chi connectivity index (χ1n) is 35.3. The number of quaternary nitrogens is 1. The van der Waals surface area contributed by atoms with Crippen LogP contribution in [0.3, 0.4) is 0 Å². The van der Waals surface area contributed by atoms with Gasteiger partial charge in [-0.3, -0.25) is 13.8 Å². The quantitative estimate of drug-likeness (QED) is 0.0243. The van der Waals surface area contributed by atoms with E-state index in [4.69, 9.17) is 9.05 Å². The second-order valence-electron chi connectivity index (χ2n) is 25.2. The maximum atomic E-state index is 13.1. The van der Waals surface area contributed by atoms with Gasteiger partial charge in [0.25, 0.3) is 0 Å². The zero-order chi connectivity index (χ0) is 59.8. The molecule has 0 aromatic carbocycles. The monoisotopic (exact) mass is 1170 g/mol. The van der Waals surface area contributed by atoms with Crippen molar-refractivity contribution in [3.8, 4) is 0 Å². The minimum absolute atomic E-state index is 0.0736. The van der Waals surface area contributed by atoms with Gasteiger partial charge < -0.3 is 19.8 Å². The Kier molecular flexibility index (Phi) is 61.8. The molecule has 8 nitrogen and oxygen atoms in total. The number of carbonyl (C=O) groups is 1. The molecule has 0 heterocycles. The van der Waals surface area contributed by atoms with Crippen molar-refractivity contribution in [1.29, 1.82) is 0 Å². The fourth-order valence-corrected chi connectivity index (χ4v) is 11.3. The van der Waals surface area contributed by atoms with Gasteiger partial charge in [-0.25, -0.2) is 4.57 Å². The highest BCUT2D eigenvalue weighted by Gasteiger charge is 2.28. The summed E-state index contributed by atoms with van der Waals surface area (Å²) in [5.41, 5.74) is 0. The number of hydrogen-bond acceptors (Lipinski definition) is 5. The predicted molar refractivity (Wildman–Crippen MR) is 360 cm³/mol. The van der Waals surface area contributed by atoms with Crippen molar-refractivity contribution in [2.45, 2.75) is 347 Å². The number of aliphatic hydroxyl groups excluding tert-OH is 1. The van der Waals surface area contributed by atoms with Crippen LogP contribution in [0.25, 0.3) is 0 Å². The first kappa shape index (κ1) is 79.9. The number of allylic oxidation sites excluding steroid dienone is 12. The van der Waals surface area contributed by atoms with Crippen LogP contribution in [-0.4, -0.2) is 73.4 Å². The summed E-state index contributed by atoms with van der Waals surface area (Å²) in [5, 5.41) is 14.2. The van der Waals surface area contributed by atoms with E-state index in [9.17, 15) is 19.4 Å². The third kappa shape index (κ3) is 65.5. The van der Waals surface area contributed by atoms with E-state index in [1.54, 1.807) is 0 Å². The summed E-state index contributed by atoms with van der Waals surface area (Å²) in [4.78, 5) is 23.5. The van der Waals surface area contributed by atoms with Gasteiger partial charge in [0.1, 0.15) is 13.2 Å². The Hall–Kier alpha value is -2.06. The van der Waals surface area contributed by atoms with Gasteiger partial charge in [0, 0.05) is 6.42 Å². The average molecular weight is 1170 g/mol. The number of aliphatic hydroxyl groups is 1. The van der Waals surface area contributed by atoms with Crippen molar-refractivity contribution in [1.82, 2.24) is 5.32 Å². The molecule has 0 aliphatic rings. The van der Waals surface area contributed by atoms with Gasteiger partial charge in [-0.1, -0.05) is 337 Å². The smallest absolute Gasteiger partial charge is 0.391 e. The largest absolute Gasteiger partial charge is 0.472 e. The molecule has 0 radical (unpaired) electrons. The minimum Gasteiger partial charge on any atom is -0.391 e. The zero-order valence-electron chi connectivity index (χ0n) is 55.0. The topological polar surface area (TPSA) is 105 Å². The van der Waals surface area contributed by atoms with Gasteiger partial charge in [-0.2, -0.15) is 0 Å². The molecule has 0 saturated carbocycles. The first-order chi connectivity index (χ1) is 40.0. The second kappa shape index (κ2) is 63.4. The highest BCUT2D eigenvalue weighted by Crippen LogP contribution is 2.43. The minimum atomic E-state index is -4.33. The summed E-state index contributed by atoms with van der Waals surface area (Å²) in [6.45, 7) is 4.82. The molecule has 0 spiro atoms. The predicted octanol–water partition coefficient (Wildman–Crippen LogP) is 22.6. The molecule has 0 aromatic heterocycles. The maximum absolute atomic E-state index is 13.1. The molecule has 3 unspecified atom stereocenters.